The van der Waals surface area contributed by atoms with Gasteiger partial charge in [-0.05, 0) is 13.8 Å². The summed E-state index contributed by atoms with van der Waals surface area (Å²) in [6, 6.07) is -0.0295. The van der Waals surface area contributed by atoms with E-state index in [2.05, 4.69) is 15.3 Å². The number of carboxylic acids is 1. The van der Waals surface area contributed by atoms with Crippen LogP contribution in [0, 0.1) is 0 Å². The molecule has 0 saturated carbocycles. The minimum Gasteiger partial charge on any atom is -0.478 e. The predicted octanol–water partition coefficient (Wildman–Crippen LogP) is -0.0519. The largest absolute Gasteiger partial charge is 0.478 e. The van der Waals surface area contributed by atoms with Crippen LogP contribution in [-0.2, 0) is 21.3 Å². The van der Waals surface area contributed by atoms with E-state index in [-0.39, 0.29) is 34.7 Å². The minimum atomic E-state index is -1.51. The van der Waals surface area contributed by atoms with E-state index < -0.39 is 16.8 Å². The van der Waals surface area contributed by atoms with Gasteiger partial charge in [0.2, 0.25) is 5.91 Å². The number of hydrogen-bond donors (Lipinski definition) is 2. The lowest BCUT2D eigenvalue weighted by Gasteiger charge is -2.08. The molecular weight excluding hydrogens is 270 g/mol. The highest BCUT2D eigenvalue weighted by Crippen LogP contribution is 2.07. The summed E-state index contributed by atoms with van der Waals surface area (Å²) in [4.78, 5) is 29.7. The Bertz CT molecular complexity index is 504. The number of hydrogen-bond acceptors (Lipinski definition) is 5. The Labute approximate surface area is 112 Å². The molecule has 0 saturated heterocycles. The van der Waals surface area contributed by atoms with Crippen molar-refractivity contribution < 1.29 is 18.9 Å². The SMILES string of the molecule is CC(C)NC(=O)CS(=O)Cc1ncncc1C(=O)O. The zero-order chi connectivity index (χ0) is 14.4. The second-order valence-electron chi connectivity index (χ2n) is 4.14. The summed E-state index contributed by atoms with van der Waals surface area (Å²) in [6.07, 6.45) is 2.34. The maximum Gasteiger partial charge on any atom is 0.339 e. The van der Waals surface area contributed by atoms with Crippen LogP contribution in [0.25, 0.3) is 0 Å². The van der Waals surface area contributed by atoms with Crippen molar-refractivity contribution in [2.24, 2.45) is 0 Å². The summed E-state index contributed by atoms with van der Waals surface area (Å²) in [6.45, 7) is 3.60. The summed E-state index contributed by atoms with van der Waals surface area (Å²) in [5.41, 5.74) is 0.0679. The van der Waals surface area contributed by atoms with Crippen molar-refractivity contribution in [3.63, 3.8) is 0 Å². The molecule has 1 atom stereocenters. The van der Waals surface area contributed by atoms with Crippen molar-refractivity contribution in [3.8, 4) is 0 Å². The van der Waals surface area contributed by atoms with E-state index in [1.54, 1.807) is 13.8 Å². The highest BCUT2D eigenvalue weighted by Gasteiger charge is 2.16. The third-order valence-electron chi connectivity index (χ3n) is 2.06. The van der Waals surface area contributed by atoms with Crippen LogP contribution < -0.4 is 5.32 Å². The van der Waals surface area contributed by atoms with E-state index in [0.29, 0.717) is 0 Å². The van der Waals surface area contributed by atoms with E-state index in [4.69, 9.17) is 5.11 Å². The maximum atomic E-state index is 11.8. The molecule has 0 fully saturated rings. The fourth-order valence-corrected chi connectivity index (χ4v) is 2.37. The molecule has 1 aromatic rings. The molecule has 7 nitrogen and oxygen atoms in total. The topological polar surface area (TPSA) is 109 Å². The fraction of sp³-hybridized carbons (Fsp3) is 0.455. The molecule has 1 heterocycles. The number of carbonyl (C=O) groups is 2. The molecule has 2 N–H and O–H groups in total. The number of nitrogens with zero attached hydrogens (tertiary/aromatic N) is 2. The summed E-state index contributed by atoms with van der Waals surface area (Å²) in [5, 5.41) is 11.5. The first-order valence-electron chi connectivity index (χ1n) is 5.56. The first-order chi connectivity index (χ1) is 8.90. The van der Waals surface area contributed by atoms with Crippen molar-refractivity contribution in [3.05, 3.63) is 23.8 Å². The number of nitrogens with one attached hydrogen (secondary N) is 1. The molecule has 0 radical (unpaired) electrons. The van der Waals surface area contributed by atoms with E-state index in [0.717, 1.165) is 6.20 Å². The van der Waals surface area contributed by atoms with Crippen molar-refractivity contribution in [2.75, 3.05) is 5.75 Å². The van der Waals surface area contributed by atoms with Gasteiger partial charge < -0.3 is 10.4 Å². The van der Waals surface area contributed by atoms with Gasteiger partial charge in [0.1, 0.15) is 17.6 Å². The number of aromatic carboxylic acids is 1. The highest BCUT2D eigenvalue weighted by molar-refractivity contribution is 7.84. The van der Waals surface area contributed by atoms with Crippen LogP contribution in [0.4, 0.5) is 0 Å². The van der Waals surface area contributed by atoms with Gasteiger partial charge >= 0.3 is 5.97 Å². The summed E-state index contributed by atoms with van der Waals surface area (Å²) >= 11 is 0. The standard InChI is InChI=1S/C11H15N3O4S/c1-7(2)14-10(15)5-19(18)4-9-8(11(16)17)3-12-6-13-9/h3,6-7H,4-5H2,1-2H3,(H,14,15)(H,16,17). The molecule has 8 heteroatoms. The van der Waals surface area contributed by atoms with Crippen LogP contribution >= 0.6 is 0 Å². The Hall–Kier alpha value is -1.83. The molecule has 0 aliphatic carbocycles. The van der Waals surface area contributed by atoms with Gasteiger partial charge in [0.15, 0.2) is 0 Å². The molecule has 1 amide bonds. The van der Waals surface area contributed by atoms with Crippen molar-refractivity contribution >= 4 is 22.7 Å². The second kappa shape index (κ2) is 6.93. The van der Waals surface area contributed by atoms with Crippen molar-refractivity contribution in [1.82, 2.24) is 15.3 Å². The zero-order valence-corrected chi connectivity index (χ0v) is 11.4. The third kappa shape index (κ3) is 5.12. The average molecular weight is 285 g/mol. The summed E-state index contributed by atoms with van der Waals surface area (Å²) in [5.74, 6) is -1.78. The van der Waals surface area contributed by atoms with Gasteiger partial charge in [-0.3, -0.25) is 9.00 Å². The first-order valence-corrected chi connectivity index (χ1v) is 7.05. The summed E-state index contributed by atoms with van der Waals surface area (Å²) in [7, 11) is -1.51. The van der Waals surface area contributed by atoms with Crippen LogP contribution in [0.2, 0.25) is 0 Å². The van der Waals surface area contributed by atoms with Crippen molar-refractivity contribution in [1.29, 1.82) is 0 Å². The maximum absolute atomic E-state index is 11.8. The van der Waals surface area contributed by atoms with E-state index in [1.807, 2.05) is 0 Å². The van der Waals surface area contributed by atoms with Gasteiger partial charge in [0, 0.05) is 23.0 Å². The lowest BCUT2D eigenvalue weighted by Crippen LogP contribution is -2.34. The molecule has 0 aromatic carbocycles. The number of carboxylic acid groups (broad SMARTS) is 1. The smallest absolute Gasteiger partial charge is 0.339 e. The summed E-state index contributed by atoms with van der Waals surface area (Å²) < 4.78 is 11.8. The Morgan fingerprint density at radius 2 is 2.16 bits per heavy atom. The molecule has 1 unspecified atom stereocenters. The normalized spacial score (nSPS) is 12.2. The second-order valence-corrected chi connectivity index (χ2v) is 5.60. The molecule has 0 aliphatic heterocycles. The molecule has 0 aliphatic rings. The van der Waals surface area contributed by atoms with Gasteiger partial charge in [-0.25, -0.2) is 14.8 Å². The Morgan fingerprint density at radius 3 is 2.74 bits per heavy atom. The third-order valence-corrected chi connectivity index (χ3v) is 3.24. The van der Waals surface area contributed by atoms with Gasteiger partial charge in [-0.1, -0.05) is 0 Å². The van der Waals surface area contributed by atoms with Crippen LogP contribution in [0.3, 0.4) is 0 Å². The Morgan fingerprint density at radius 1 is 1.47 bits per heavy atom. The Balaban J connectivity index is 2.67. The number of amides is 1. The fourth-order valence-electron chi connectivity index (χ4n) is 1.36. The first kappa shape index (κ1) is 15.2. The molecule has 1 rings (SSSR count). The number of carbonyl (C=O) groups excluding carboxylic acids is 1. The zero-order valence-electron chi connectivity index (χ0n) is 10.6. The molecule has 0 bridgehead atoms. The van der Waals surface area contributed by atoms with Gasteiger partial charge in [0.25, 0.3) is 0 Å². The molecular formula is C11H15N3O4S. The van der Waals surface area contributed by atoms with Crippen LogP contribution in [0.5, 0.6) is 0 Å². The van der Waals surface area contributed by atoms with Gasteiger partial charge in [-0.15, -0.1) is 0 Å². The van der Waals surface area contributed by atoms with Crippen LogP contribution in [0.1, 0.15) is 29.9 Å². The Kier molecular flexibility index (Phi) is 5.56. The van der Waals surface area contributed by atoms with Crippen molar-refractivity contribution in [2.45, 2.75) is 25.6 Å². The molecule has 19 heavy (non-hydrogen) atoms. The van der Waals surface area contributed by atoms with Crippen LogP contribution in [0.15, 0.2) is 12.5 Å². The lowest BCUT2D eigenvalue weighted by molar-refractivity contribution is -0.119. The highest BCUT2D eigenvalue weighted by atomic mass is 32.2. The monoisotopic (exact) mass is 285 g/mol. The van der Waals surface area contributed by atoms with Gasteiger partial charge in [0.05, 0.1) is 11.4 Å². The van der Waals surface area contributed by atoms with E-state index in [1.165, 1.54) is 6.33 Å². The molecule has 0 spiro atoms. The van der Waals surface area contributed by atoms with Gasteiger partial charge in [-0.2, -0.15) is 0 Å². The number of aromatic nitrogens is 2. The van der Waals surface area contributed by atoms with E-state index in [9.17, 15) is 13.8 Å². The molecule has 104 valence electrons. The lowest BCUT2D eigenvalue weighted by atomic mass is 10.2. The quantitative estimate of drug-likeness (QED) is 0.758. The minimum absolute atomic E-state index is 0.0295. The average Bonchev–Trinajstić information content (AvgIpc) is 2.27. The predicted molar refractivity (Wildman–Crippen MR) is 69.0 cm³/mol. The van der Waals surface area contributed by atoms with Crippen LogP contribution in [-0.4, -0.2) is 43.0 Å². The molecule has 1 aromatic heterocycles. The van der Waals surface area contributed by atoms with E-state index >= 15 is 0 Å². The number of rotatable bonds is 6.